The lowest BCUT2D eigenvalue weighted by Crippen LogP contribution is -2.55. The number of ether oxygens (including phenoxy) is 2. The van der Waals surface area contributed by atoms with Crippen molar-refractivity contribution in [3.63, 3.8) is 0 Å². The number of hydrogen-bond donors (Lipinski definition) is 0. The topological polar surface area (TPSA) is 52.6 Å². The van der Waals surface area contributed by atoms with Gasteiger partial charge >= 0.3 is 11.9 Å². The van der Waals surface area contributed by atoms with Gasteiger partial charge in [0.25, 0.3) is 0 Å². The van der Waals surface area contributed by atoms with Gasteiger partial charge in [0.1, 0.15) is 5.60 Å². The third-order valence-corrected chi connectivity index (χ3v) is 6.68. The van der Waals surface area contributed by atoms with Gasteiger partial charge in [-0.3, -0.25) is 9.59 Å². The first-order valence-electron chi connectivity index (χ1n) is 8.59. The Morgan fingerprint density at radius 3 is 2.68 bits per heavy atom. The highest BCUT2D eigenvalue weighted by molar-refractivity contribution is 5.81. The average molecular weight is 308 g/mol. The lowest BCUT2D eigenvalue weighted by molar-refractivity contribution is -0.157. The quantitative estimate of drug-likeness (QED) is 0.749. The van der Waals surface area contributed by atoms with Gasteiger partial charge in [-0.15, -0.1) is 0 Å². The predicted molar refractivity (Wildman–Crippen MR) is 82.0 cm³/mol. The highest BCUT2D eigenvalue weighted by Gasteiger charge is 2.70. The molecule has 0 unspecified atom stereocenters. The molecule has 4 heteroatoms. The summed E-state index contributed by atoms with van der Waals surface area (Å²) in [4.78, 5) is 24.0. The number of carbonyl (C=O) groups excluding carboxylic acids is 2. The molecule has 2 saturated carbocycles. The Morgan fingerprint density at radius 2 is 2.00 bits per heavy atom. The van der Waals surface area contributed by atoms with Crippen LogP contribution >= 0.6 is 0 Å². The van der Waals surface area contributed by atoms with E-state index in [-0.39, 0.29) is 34.3 Å². The fourth-order valence-electron chi connectivity index (χ4n) is 5.80. The molecule has 4 nitrogen and oxygen atoms in total. The van der Waals surface area contributed by atoms with Crippen LogP contribution < -0.4 is 0 Å². The van der Waals surface area contributed by atoms with E-state index in [9.17, 15) is 9.59 Å². The summed E-state index contributed by atoms with van der Waals surface area (Å²) >= 11 is 0. The molecule has 0 aromatic rings. The van der Waals surface area contributed by atoms with Crippen molar-refractivity contribution in [2.75, 3.05) is 6.61 Å². The summed E-state index contributed by atoms with van der Waals surface area (Å²) in [6, 6.07) is 0. The summed E-state index contributed by atoms with van der Waals surface area (Å²) in [5.74, 6) is 0.320. The molecule has 0 radical (unpaired) electrons. The first-order chi connectivity index (χ1) is 10.2. The van der Waals surface area contributed by atoms with E-state index in [2.05, 4.69) is 20.8 Å². The Bertz CT molecular complexity index is 497. The minimum absolute atomic E-state index is 0.0121. The summed E-state index contributed by atoms with van der Waals surface area (Å²) in [5.41, 5.74) is -0.543. The molecule has 0 amide bonds. The third kappa shape index (κ3) is 2.10. The number of esters is 2. The molecule has 22 heavy (non-hydrogen) atoms. The largest absolute Gasteiger partial charge is 0.466 e. The minimum atomic E-state index is -0.374. The van der Waals surface area contributed by atoms with Gasteiger partial charge in [0, 0.05) is 12.8 Å². The van der Waals surface area contributed by atoms with Crippen molar-refractivity contribution in [1.29, 1.82) is 0 Å². The average Bonchev–Trinajstić information content (AvgIpc) is 2.51. The lowest BCUT2D eigenvalue weighted by atomic mass is 9.46. The maximum absolute atomic E-state index is 12.9. The van der Waals surface area contributed by atoms with Gasteiger partial charge in [-0.25, -0.2) is 0 Å². The molecule has 1 saturated heterocycles. The van der Waals surface area contributed by atoms with E-state index >= 15 is 0 Å². The highest BCUT2D eigenvalue weighted by Crippen LogP contribution is 2.67. The Labute approximate surface area is 132 Å². The van der Waals surface area contributed by atoms with E-state index < -0.39 is 0 Å². The van der Waals surface area contributed by atoms with Gasteiger partial charge in [-0.05, 0) is 50.4 Å². The molecule has 3 fully saturated rings. The lowest BCUT2D eigenvalue weighted by Gasteiger charge is -2.55. The maximum Gasteiger partial charge on any atom is 0.313 e. The van der Waals surface area contributed by atoms with Crippen molar-refractivity contribution in [3.8, 4) is 0 Å². The van der Waals surface area contributed by atoms with E-state index in [0.29, 0.717) is 12.5 Å². The number of rotatable bonds is 3. The second-order valence-corrected chi connectivity index (χ2v) is 8.36. The fourth-order valence-corrected chi connectivity index (χ4v) is 5.80. The molecule has 2 aliphatic carbocycles. The van der Waals surface area contributed by atoms with E-state index in [1.165, 1.54) is 13.3 Å². The molecule has 2 bridgehead atoms. The monoisotopic (exact) mass is 308 g/mol. The van der Waals surface area contributed by atoms with Crippen LogP contribution in [-0.2, 0) is 19.1 Å². The maximum atomic E-state index is 12.9. The molecule has 124 valence electrons. The van der Waals surface area contributed by atoms with Crippen molar-refractivity contribution >= 4 is 11.9 Å². The van der Waals surface area contributed by atoms with Crippen LogP contribution in [0.5, 0.6) is 0 Å². The van der Waals surface area contributed by atoms with Crippen molar-refractivity contribution in [2.45, 2.75) is 71.8 Å². The molecule has 3 rings (SSSR count). The summed E-state index contributed by atoms with van der Waals surface area (Å²) in [5, 5.41) is 0. The van der Waals surface area contributed by atoms with Crippen LogP contribution in [0.3, 0.4) is 0 Å². The van der Waals surface area contributed by atoms with Crippen molar-refractivity contribution in [3.05, 3.63) is 0 Å². The Hall–Kier alpha value is -1.06. The molecule has 1 spiro atoms. The number of fused-ring (bicyclic) bond motifs is 1. The van der Waals surface area contributed by atoms with Crippen LogP contribution in [0.15, 0.2) is 0 Å². The van der Waals surface area contributed by atoms with Gasteiger partial charge in [0.05, 0.1) is 12.0 Å². The third-order valence-electron chi connectivity index (χ3n) is 6.68. The van der Waals surface area contributed by atoms with Crippen LogP contribution in [0.2, 0.25) is 0 Å². The van der Waals surface area contributed by atoms with Crippen molar-refractivity contribution < 1.29 is 19.1 Å². The second kappa shape index (κ2) is 4.97. The SMILES string of the molecule is CC(=O)OCC[C@@H]1[C@@]23CCCC(C)(C)[C@@H]2CC[C@]1(C)OC3=O. The molecule has 3 aliphatic rings. The van der Waals surface area contributed by atoms with Gasteiger partial charge in [0.15, 0.2) is 0 Å². The minimum Gasteiger partial charge on any atom is -0.466 e. The van der Waals surface area contributed by atoms with Crippen molar-refractivity contribution in [2.24, 2.45) is 22.7 Å². The first-order valence-corrected chi connectivity index (χ1v) is 8.59. The summed E-state index contributed by atoms with van der Waals surface area (Å²) in [6.07, 6.45) is 5.92. The van der Waals surface area contributed by atoms with Crippen LogP contribution in [0.4, 0.5) is 0 Å². The van der Waals surface area contributed by atoms with E-state index in [0.717, 1.165) is 32.1 Å². The standard InChI is InChI=1S/C18H28O4/c1-12(19)21-11-7-14-17(4)10-6-13-16(2,3)8-5-9-18(13,14)15(20)22-17/h13-14H,5-11H2,1-4H3/t13-,14-,17-,18+/m0/s1. The molecular formula is C18H28O4. The van der Waals surface area contributed by atoms with Crippen LogP contribution in [0, 0.1) is 22.7 Å². The van der Waals surface area contributed by atoms with Crippen molar-refractivity contribution in [1.82, 2.24) is 0 Å². The van der Waals surface area contributed by atoms with Crippen LogP contribution in [0.25, 0.3) is 0 Å². The fraction of sp³-hybridized carbons (Fsp3) is 0.889. The van der Waals surface area contributed by atoms with Gasteiger partial charge in [0.2, 0.25) is 0 Å². The first kappa shape index (κ1) is 15.8. The number of hydrogen-bond acceptors (Lipinski definition) is 4. The van der Waals surface area contributed by atoms with E-state index in [4.69, 9.17) is 9.47 Å². The zero-order valence-electron chi connectivity index (χ0n) is 14.2. The van der Waals surface area contributed by atoms with Gasteiger partial charge in [-0.1, -0.05) is 20.3 Å². The summed E-state index contributed by atoms with van der Waals surface area (Å²) < 4.78 is 11.1. The molecule has 1 heterocycles. The van der Waals surface area contributed by atoms with Crippen LogP contribution in [0.1, 0.15) is 66.2 Å². The summed E-state index contributed by atoms with van der Waals surface area (Å²) in [6.45, 7) is 8.51. The zero-order chi connectivity index (χ0) is 16.2. The Morgan fingerprint density at radius 1 is 1.27 bits per heavy atom. The molecule has 1 aliphatic heterocycles. The van der Waals surface area contributed by atoms with E-state index in [1.807, 2.05) is 0 Å². The smallest absolute Gasteiger partial charge is 0.313 e. The molecule has 0 aromatic carbocycles. The normalized spacial score (nSPS) is 42.5. The molecular weight excluding hydrogens is 280 g/mol. The number of carbonyl (C=O) groups is 2. The van der Waals surface area contributed by atoms with Gasteiger partial charge < -0.3 is 9.47 Å². The Kier molecular flexibility index (Phi) is 3.57. The molecule has 4 atom stereocenters. The molecule has 0 aromatic heterocycles. The Balaban J connectivity index is 1.93. The predicted octanol–water partition coefficient (Wildman–Crippen LogP) is 3.48. The molecule has 0 N–H and O–H groups in total. The van der Waals surface area contributed by atoms with Gasteiger partial charge in [-0.2, -0.15) is 0 Å². The zero-order valence-corrected chi connectivity index (χ0v) is 14.2. The summed E-state index contributed by atoms with van der Waals surface area (Å²) in [7, 11) is 0. The van der Waals surface area contributed by atoms with Crippen LogP contribution in [-0.4, -0.2) is 24.1 Å². The highest BCUT2D eigenvalue weighted by atomic mass is 16.6. The second-order valence-electron chi connectivity index (χ2n) is 8.36. The van der Waals surface area contributed by atoms with E-state index in [1.54, 1.807) is 0 Å².